The van der Waals surface area contributed by atoms with E-state index in [2.05, 4.69) is 0 Å². The summed E-state index contributed by atoms with van der Waals surface area (Å²) in [4.78, 5) is 27.6. The molecule has 12 nitrogen and oxygen atoms in total. The third-order valence-electron chi connectivity index (χ3n) is 4.88. The molecule has 0 aliphatic heterocycles. The van der Waals surface area contributed by atoms with Crippen molar-refractivity contribution in [2.45, 2.75) is 9.79 Å². The van der Waals surface area contributed by atoms with Crippen LogP contribution in [0.2, 0.25) is 20.1 Å². The fraction of sp³-hybridized carbons (Fsp3) is 0.364. The number of esters is 2. The van der Waals surface area contributed by atoms with Gasteiger partial charge in [0.2, 0.25) is 20.0 Å². The van der Waals surface area contributed by atoms with Gasteiger partial charge in [-0.15, -0.1) is 0 Å². The second kappa shape index (κ2) is 13.5. The minimum absolute atomic E-state index is 0.0605. The molecule has 40 heavy (non-hydrogen) atoms. The van der Waals surface area contributed by atoms with Gasteiger partial charge < -0.3 is 9.47 Å². The van der Waals surface area contributed by atoms with Crippen LogP contribution in [-0.2, 0) is 29.6 Å². The first-order chi connectivity index (χ1) is 18.3. The van der Waals surface area contributed by atoms with E-state index < -0.39 is 43.5 Å². The van der Waals surface area contributed by atoms with Crippen LogP contribution in [0.15, 0.2) is 34.1 Å². The van der Waals surface area contributed by atoms with Crippen LogP contribution in [0, 0.1) is 0 Å². The molecule has 0 heterocycles. The highest BCUT2D eigenvalue weighted by atomic mass is 35.5. The molecule has 2 rings (SSSR count). The predicted molar refractivity (Wildman–Crippen MR) is 151 cm³/mol. The predicted octanol–water partition coefficient (Wildman–Crippen LogP) is 3.09. The molecule has 0 atom stereocenters. The van der Waals surface area contributed by atoms with Crippen molar-refractivity contribution in [1.29, 1.82) is 0 Å². The van der Waals surface area contributed by atoms with E-state index in [0.29, 0.717) is 0 Å². The summed E-state index contributed by atoms with van der Waals surface area (Å²) in [6.45, 7) is 0.121. The quantitative estimate of drug-likeness (QED) is 0.160. The van der Waals surface area contributed by atoms with Gasteiger partial charge in [-0.1, -0.05) is 46.4 Å². The molecule has 2 aromatic rings. The molecule has 0 aromatic heterocycles. The van der Waals surface area contributed by atoms with E-state index in [1.165, 1.54) is 14.1 Å². The van der Waals surface area contributed by atoms with Crippen LogP contribution in [0.25, 0.3) is 0 Å². The molecule has 0 spiro atoms. The molecule has 0 aliphatic carbocycles. The van der Waals surface area contributed by atoms with Crippen LogP contribution >= 0.6 is 46.4 Å². The number of hydrogen-bond donors (Lipinski definition) is 0. The first-order valence-corrected chi connectivity index (χ1v) is 15.3. The first kappa shape index (κ1) is 34.5. The van der Waals surface area contributed by atoms with Crippen molar-refractivity contribution in [3.05, 3.63) is 44.4 Å². The molecule has 0 amide bonds. The zero-order valence-electron chi connectivity index (χ0n) is 22.1. The number of ether oxygens (including phenoxy) is 2. The number of sulfonamides is 2. The summed E-state index contributed by atoms with van der Waals surface area (Å²) in [6, 6.07) is 4.01. The Labute approximate surface area is 252 Å². The third kappa shape index (κ3) is 8.18. The van der Waals surface area contributed by atoms with Crippen molar-refractivity contribution < 1.29 is 35.9 Å². The van der Waals surface area contributed by atoms with Crippen molar-refractivity contribution in [2.75, 3.05) is 55.6 Å². The molecule has 0 saturated heterocycles. The van der Waals surface area contributed by atoms with E-state index in [1.54, 1.807) is 38.0 Å². The summed E-state index contributed by atoms with van der Waals surface area (Å²) in [6.07, 6.45) is 0. The summed E-state index contributed by atoms with van der Waals surface area (Å²) < 4.78 is 63.1. The highest BCUT2D eigenvalue weighted by Gasteiger charge is 2.29. The van der Waals surface area contributed by atoms with Gasteiger partial charge in [0.1, 0.15) is 0 Å². The van der Waals surface area contributed by atoms with Crippen LogP contribution in [0.5, 0.6) is 11.5 Å². The molecule has 0 fully saturated rings. The fourth-order valence-corrected chi connectivity index (χ4v) is 7.08. The van der Waals surface area contributed by atoms with E-state index in [0.717, 1.165) is 32.9 Å². The Morgan fingerprint density at radius 3 is 1.07 bits per heavy atom. The normalized spacial score (nSPS) is 12.4. The van der Waals surface area contributed by atoms with E-state index in [9.17, 15) is 26.4 Å². The van der Waals surface area contributed by atoms with Crippen molar-refractivity contribution >= 4 is 78.4 Å². The lowest BCUT2D eigenvalue weighted by atomic mass is 10.3. The topological polar surface area (TPSA) is 134 Å². The lowest BCUT2D eigenvalue weighted by molar-refractivity contribution is -0.156. The van der Waals surface area contributed by atoms with Crippen LogP contribution in [0.3, 0.4) is 0 Å². The Balaban J connectivity index is 2.27. The molecule has 0 N–H and O–H groups in total. The summed E-state index contributed by atoms with van der Waals surface area (Å²) in [5.41, 5.74) is 0. The third-order valence-corrected chi connectivity index (χ3v) is 9.54. The minimum atomic E-state index is -4.00. The molecular weight excluding hydrogens is 654 g/mol. The molecule has 0 unspecified atom stereocenters. The molecule has 0 bridgehead atoms. The Morgan fingerprint density at radius 1 is 0.600 bits per heavy atom. The number of benzene rings is 2. The molecule has 0 radical (unpaired) electrons. The van der Waals surface area contributed by atoms with Crippen LogP contribution in [0.4, 0.5) is 0 Å². The van der Waals surface area contributed by atoms with Gasteiger partial charge in [-0.25, -0.2) is 26.4 Å². The molecule has 0 aliphatic rings. The van der Waals surface area contributed by atoms with Crippen molar-refractivity contribution in [1.82, 2.24) is 18.4 Å². The van der Waals surface area contributed by atoms with Crippen molar-refractivity contribution in [3.8, 4) is 11.5 Å². The second-order valence-corrected chi connectivity index (χ2v) is 14.6. The van der Waals surface area contributed by atoms with E-state index >= 15 is 0 Å². The van der Waals surface area contributed by atoms with Crippen LogP contribution in [-0.4, -0.2) is 103 Å². The Kier molecular flexibility index (Phi) is 11.6. The Morgan fingerprint density at radius 2 is 0.850 bits per heavy atom. The van der Waals surface area contributed by atoms with Crippen LogP contribution in [0.1, 0.15) is 0 Å². The summed E-state index contributed by atoms with van der Waals surface area (Å²) >= 11 is 24.5. The fourth-order valence-electron chi connectivity index (χ4n) is 3.14. The maximum atomic E-state index is 12.8. The monoisotopic (exact) mass is 678 g/mol. The standard InChI is InChI=1S/C22H26Cl4N4O8S2/c1-27(2)11-29(5)39(33,34)13-7-15(23)19(16(24)8-13)37-21(31)22(32)38-20-17(25)9-14(10-18(20)26)40(35,36)30(6)12-28(3)4/h7-10H,11-12H2,1-6H3. The number of nitrogens with zero attached hydrogens (tertiary/aromatic N) is 4. The first-order valence-electron chi connectivity index (χ1n) is 10.9. The Bertz CT molecular complexity index is 1360. The number of hydrogen-bond acceptors (Lipinski definition) is 10. The lowest BCUT2D eigenvalue weighted by Gasteiger charge is -2.21. The lowest BCUT2D eigenvalue weighted by Crippen LogP contribution is -2.35. The van der Waals surface area contributed by atoms with E-state index in [1.807, 2.05) is 0 Å². The van der Waals surface area contributed by atoms with Gasteiger partial charge >= 0.3 is 11.9 Å². The van der Waals surface area contributed by atoms with E-state index in [4.69, 9.17) is 55.9 Å². The summed E-state index contributed by atoms with van der Waals surface area (Å²) in [5.74, 6) is -4.19. The number of carbonyl (C=O) groups is 2. The maximum Gasteiger partial charge on any atom is 0.423 e. The van der Waals surface area contributed by atoms with Gasteiger partial charge in [-0.05, 0) is 52.5 Å². The zero-order valence-corrected chi connectivity index (χ0v) is 26.8. The second-order valence-electron chi connectivity index (χ2n) is 8.86. The molecular formula is C22H26Cl4N4O8S2. The smallest absolute Gasteiger partial charge is 0.415 e. The van der Waals surface area contributed by atoms with Gasteiger partial charge in [0.15, 0.2) is 11.5 Å². The van der Waals surface area contributed by atoms with Gasteiger partial charge in [0.05, 0.1) is 43.2 Å². The Hall–Kier alpha value is -1.72. The van der Waals surface area contributed by atoms with Gasteiger partial charge in [0.25, 0.3) is 0 Å². The van der Waals surface area contributed by atoms with Crippen LogP contribution < -0.4 is 9.47 Å². The number of carbonyl (C=O) groups excluding carboxylic acids is 2. The summed E-state index contributed by atoms with van der Waals surface area (Å²) in [7, 11) is 1.39. The maximum absolute atomic E-state index is 12.8. The average molecular weight is 680 g/mol. The molecule has 222 valence electrons. The summed E-state index contributed by atoms with van der Waals surface area (Å²) in [5, 5.41) is -1.51. The highest BCUT2D eigenvalue weighted by Crippen LogP contribution is 2.38. The van der Waals surface area contributed by atoms with Crippen molar-refractivity contribution in [3.63, 3.8) is 0 Å². The largest absolute Gasteiger partial charge is 0.423 e. The SMILES string of the molecule is CN(C)CN(C)S(=O)(=O)c1cc(Cl)c(OC(=O)C(=O)Oc2c(Cl)cc(S(=O)(=O)N(C)CN(C)C)cc2Cl)c(Cl)c1. The van der Waals surface area contributed by atoms with Gasteiger partial charge in [0, 0.05) is 14.1 Å². The molecule has 0 saturated carbocycles. The van der Waals surface area contributed by atoms with Gasteiger partial charge in [-0.2, -0.15) is 8.61 Å². The highest BCUT2D eigenvalue weighted by molar-refractivity contribution is 7.89. The van der Waals surface area contributed by atoms with E-state index in [-0.39, 0.29) is 43.2 Å². The number of rotatable bonds is 10. The van der Waals surface area contributed by atoms with Crippen molar-refractivity contribution in [2.24, 2.45) is 0 Å². The molecule has 2 aromatic carbocycles. The van der Waals surface area contributed by atoms with Gasteiger partial charge in [-0.3, -0.25) is 9.80 Å². The minimum Gasteiger partial charge on any atom is -0.415 e. The average Bonchev–Trinajstić information content (AvgIpc) is 2.81. The zero-order chi connectivity index (χ0) is 30.7. The number of halogens is 4. The molecule has 18 heteroatoms.